The lowest BCUT2D eigenvalue weighted by Gasteiger charge is -2.37. The lowest BCUT2D eigenvalue weighted by atomic mass is 10.0. The number of aryl methyl sites for hydroxylation is 1. The summed E-state index contributed by atoms with van der Waals surface area (Å²) in [5.41, 5.74) is 1.18. The molecular weight excluding hydrogens is 354 g/mol. The molecule has 8 nitrogen and oxygen atoms in total. The third kappa shape index (κ3) is 4.16. The van der Waals surface area contributed by atoms with Crippen LogP contribution >= 0.6 is 0 Å². The molecule has 0 N–H and O–H groups in total. The highest BCUT2D eigenvalue weighted by molar-refractivity contribution is 5.44. The van der Waals surface area contributed by atoms with Gasteiger partial charge in [-0.25, -0.2) is 15.0 Å². The van der Waals surface area contributed by atoms with Gasteiger partial charge in [-0.2, -0.15) is 4.98 Å². The molecule has 4 heterocycles. The zero-order chi connectivity index (χ0) is 19.3. The van der Waals surface area contributed by atoms with Gasteiger partial charge in [0, 0.05) is 57.9 Å². The van der Waals surface area contributed by atoms with E-state index in [1.54, 1.807) is 0 Å². The van der Waals surface area contributed by atoms with Gasteiger partial charge in [-0.05, 0) is 30.9 Å². The van der Waals surface area contributed by atoms with Crippen molar-refractivity contribution in [3.05, 3.63) is 30.2 Å². The largest absolute Gasteiger partial charge is 0.378 e. The number of nitrogens with zero attached hydrogens (tertiary/aromatic N) is 7. The van der Waals surface area contributed by atoms with Gasteiger partial charge < -0.3 is 19.4 Å². The van der Waals surface area contributed by atoms with Crippen molar-refractivity contribution in [1.82, 2.24) is 19.9 Å². The Labute approximate surface area is 166 Å². The number of ether oxygens (including phenoxy) is 1. The highest BCUT2D eigenvalue weighted by Gasteiger charge is 2.25. The Morgan fingerprint density at radius 1 is 1.00 bits per heavy atom. The summed E-state index contributed by atoms with van der Waals surface area (Å²) in [6, 6.07) is 2.46. The maximum atomic E-state index is 5.43. The number of hydrogen-bond acceptors (Lipinski definition) is 8. The van der Waals surface area contributed by atoms with Gasteiger partial charge in [0.05, 0.1) is 13.2 Å². The van der Waals surface area contributed by atoms with E-state index in [-0.39, 0.29) is 0 Å². The van der Waals surface area contributed by atoms with E-state index in [1.165, 1.54) is 5.56 Å². The Morgan fingerprint density at radius 3 is 2.36 bits per heavy atom. The van der Waals surface area contributed by atoms with Gasteiger partial charge in [0.15, 0.2) is 0 Å². The zero-order valence-electron chi connectivity index (χ0n) is 16.8. The number of aromatic nitrogens is 4. The molecule has 0 saturated carbocycles. The molecule has 0 aliphatic carbocycles. The molecule has 2 aliphatic heterocycles. The SMILES string of the molecule is CCc1cnc(N2CCC(N(C)c3ccnc(N4CCOCC4)n3)CC2)nc1. The number of anilines is 3. The molecule has 2 saturated heterocycles. The number of piperidine rings is 1. The maximum absolute atomic E-state index is 5.43. The minimum Gasteiger partial charge on any atom is -0.378 e. The normalized spacial score (nSPS) is 18.4. The van der Waals surface area contributed by atoms with Gasteiger partial charge in [-0.1, -0.05) is 6.92 Å². The first-order chi connectivity index (χ1) is 13.7. The summed E-state index contributed by atoms with van der Waals surface area (Å²) in [5.74, 6) is 2.63. The van der Waals surface area contributed by atoms with Crippen LogP contribution in [0.4, 0.5) is 17.7 Å². The Bertz CT molecular complexity index is 755. The smallest absolute Gasteiger partial charge is 0.227 e. The molecular formula is C20H29N7O. The summed E-state index contributed by atoms with van der Waals surface area (Å²) in [6.07, 6.45) is 8.84. The first kappa shape index (κ1) is 18.9. The van der Waals surface area contributed by atoms with Crippen LogP contribution in [-0.2, 0) is 11.2 Å². The summed E-state index contributed by atoms with van der Waals surface area (Å²) in [6.45, 7) is 7.22. The van der Waals surface area contributed by atoms with Gasteiger partial charge in [0.1, 0.15) is 5.82 Å². The summed E-state index contributed by atoms with van der Waals surface area (Å²) in [7, 11) is 2.14. The maximum Gasteiger partial charge on any atom is 0.227 e. The highest BCUT2D eigenvalue weighted by Crippen LogP contribution is 2.23. The van der Waals surface area contributed by atoms with Crippen molar-refractivity contribution in [2.24, 2.45) is 0 Å². The van der Waals surface area contributed by atoms with Crippen LogP contribution in [0, 0.1) is 0 Å². The van der Waals surface area contributed by atoms with Gasteiger partial charge in [0.2, 0.25) is 11.9 Å². The monoisotopic (exact) mass is 383 g/mol. The zero-order valence-corrected chi connectivity index (χ0v) is 16.8. The van der Waals surface area contributed by atoms with Crippen LogP contribution in [-0.4, -0.2) is 72.4 Å². The van der Waals surface area contributed by atoms with E-state index in [0.29, 0.717) is 6.04 Å². The molecule has 8 heteroatoms. The summed E-state index contributed by atoms with van der Waals surface area (Å²) >= 11 is 0. The van der Waals surface area contributed by atoms with E-state index < -0.39 is 0 Å². The first-order valence-electron chi connectivity index (χ1n) is 10.2. The van der Waals surface area contributed by atoms with E-state index in [9.17, 15) is 0 Å². The molecule has 4 rings (SSSR count). The van der Waals surface area contributed by atoms with Crippen LogP contribution in [0.3, 0.4) is 0 Å². The Hall–Kier alpha value is -2.48. The van der Waals surface area contributed by atoms with Crippen molar-refractivity contribution in [3.8, 4) is 0 Å². The third-order valence-corrected chi connectivity index (χ3v) is 5.68. The molecule has 150 valence electrons. The molecule has 28 heavy (non-hydrogen) atoms. The van der Waals surface area contributed by atoms with Crippen LogP contribution in [0.1, 0.15) is 25.3 Å². The van der Waals surface area contributed by atoms with Crippen molar-refractivity contribution >= 4 is 17.7 Å². The predicted molar refractivity (Wildman–Crippen MR) is 110 cm³/mol. The molecule has 0 spiro atoms. The van der Waals surface area contributed by atoms with Crippen molar-refractivity contribution in [2.75, 3.05) is 61.1 Å². The second kappa shape index (κ2) is 8.68. The summed E-state index contributed by atoms with van der Waals surface area (Å²) < 4.78 is 5.43. The summed E-state index contributed by atoms with van der Waals surface area (Å²) in [5, 5.41) is 0. The molecule has 2 aromatic rings. The van der Waals surface area contributed by atoms with Crippen molar-refractivity contribution in [2.45, 2.75) is 32.2 Å². The molecule has 0 atom stereocenters. The van der Waals surface area contributed by atoms with Crippen LogP contribution in [0.2, 0.25) is 0 Å². The molecule has 2 aromatic heterocycles. The number of rotatable bonds is 5. The van der Waals surface area contributed by atoms with Crippen LogP contribution in [0.5, 0.6) is 0 Å². The lowest BCUT2D eigenvalue weighted by Crippen LogP contribution is -2.44. The van der Waals surface area contributed by atoms with Crippen molar-refractivity contribution in [3.63, 3.8) is 0 Å². The van der Waals surface area contributed by atoms with Gasteiger partial charge in [-0.15, -0.1) is 0 Å². The van der Waals surface area contributed by atoms with Gasteiger partial charge >= 0.3 is 0 Å². The van der Waals surface area contributed by atoms with E-state index in [4.69, 9.17) is 9.72 Å². The van der Waals surface area contributed by atoms with Crippen LogP contribution in [0.15, 0.2) is 24.7 Å². The van der Waals surface area contributed by atoms with Crippen LogP contribution in [0.25, 0.3) is 0 Å². The third-order valence-electron chi connectivity index (χ3n) is 5.68. The van der Waals surface area contributed by atoms with Crippen molar-refractivity contribution < 1.29 is 4.74 Å². The van der Waals surface area contributed by atoms with E-state index >= 15 is 0 Å². The first-order valence-corrected chi connectivity index (χ1v) is 10.2. The average Bonchev–Trinajstić information content (AvgIpc) is 2.79. The molecule has 0 amide bonds. The van der Waals surface area contributed by atoms with Crippen molar-refractivity contribution in [1.29, 1.82) is 0 Å². The Kier molecular flexibility index (Phi) is 5.85. The fourth-order valence-corrected chi connectivity index (χ4v) is 3.79. The molecule has 0 aromatic carbocycles. The minimum absolute atomic E-state index is 0.457. The Morgan fingerprint density at radius 2 is 1.68 bits per heavy atom. The van der Waals surface area contributed by atoms with E-state index in [2.05, 4.69) is 43.6 Å². The van der Waals surface area contributed by atoms with Gasteiger partial charge in [0.25, 0.3) is 0 Å². The lowest BCUT2D eigenvalue weighted by molar-refractivity contribution is 0.122. The fraction of sp³-hybridized carbons (Fsp3) is 0.600. The standard InChI is InChI=1S/C20H29N7O/c1-3-16-14-22-19(23-15-16)26-8-5-17(6-9-26)25(2)18-4-7-21-20(24-18)27-10-12-28-13-11-27/h4,7,14-15,17H,3,5-6,8-13H2,1-2H3. The van der Waals surface area contributed by atoms with E-state index in [1.807, 2.05) is 24.7 Å². The van der Waals surface area contributed by atoms with Gasteiger partial charge in [-0.3, -0.25) is 0 Å². The Balaban J connectivity index is 1.37. The molecule has 0 unspecified atom stereocenters. The minimum atomic E-state index is 0.457. The highest BCUT2D eigenvalue weighted by atomic mass is 16.5. The second-order valence-electron chi connectivity index (χ2n) is 7.39. The fourth-order valence-electron chi connectivity index (χ4n) is 3.79. The molecule has 2 aliphatic rings. The number of morpholine rings is 1. The quantitative estimate of drug-likeness (QED) is 0.774. The summed E-state index contributed by atoms with van der Waals surface area (Å²) in [4.78, 5) is 25.1. The molecule has 2 fully saturated rings. The topological polar surface area (TPSA) is 70.5 Å². The average molecular weight is 384 g/mol. The number of hydrogen-bond donors (Lipinski definition) is 0. The van der Waals surface area contributed by atoms with Crippen LogP contribution < -0.4 is 14.7 Å². The predicted octanol–water partition coefficient (Wildman–Crippen LogP) is 1.77. The van der Waals surface area contributed by atoms with E-state index in [0.717, 1.165) is 76.4 Å². The molecule has 0 radical (unpaired) electrons. The second-order valence-corrected chi connectivity index (χ2v) is 7.39. The molecule has 0 bridgehead atoms.